The average molecular weight is 378 g/mol. The highest BCUT2D eigenvalue weighted by Gasteiger charge is 2.37. The zero-order valence-electron chi connectivity index (χ0n) is 11.4. The van der Waals surface area contributed by atoms with Crippen molar-refractivity contribution < 1.29 is 0 Å². The average Bonchev–Trinajstić information content (AvgIpc) is 2.78. The number of anilines is 1. The molecule has 1 aromatic carbocycles. The van der Waals surface area contributed by atoms with Gasteiger partial charge in [0.25, 0.3) is 0 Å². The molecule has 0 aromatic heterocycles. The Morgan fingerprint density at radius 3 is 2.60 bits per heavy atom. The normalized spacial score (nSPS) is 22.2. The minimum absolute atomic E-state index is 0.277. The molecule has 1 saturated carbocycles. The quantitative estimate of drug-likeness (QED) is 0.702. The summed E-state index contributed by atoms with van der Waals surface area (Å²) in [4.78, 5) is 2.41. The molecular weight excluding hydrogens is 359 g/mol. The lowest BCUT2D eigenvalue weighted by atomic mass is 9.97. The Labute approximate surface area is 138 Å². The first-order valence-corrected chi connectivity index (χ1v) is 8.80. The van der Waals surface area contributed by atoms with Crippen LogP contribution < -0.4 is 10.2 Å². The molecule has 110 valence electrons. The molecule has 3 rings (SSSR count). The molecule has 1 heterocycles. The van der Waals surface area contributed by atoms with Crippen LogP contribution in [0.2, 0.25) is 10.0 Å². The zero-order valence-corrected chi connectivity index (χ0v) is 14.5. The van der Waals surface area contributed by atoms with Crippen LogP contribution in [-0.2, 0) is 0 Å². The first-order valence-electron chi connectivity index (χ1n) is 7.25. The molecule has 2 nitrogen and oxygen atoms in total. The first kappa shape index (κ1) is 15.0. The van der Waals surface area contributed by atoms with E-state index in [1.54, 1.807) is 0 Å². The van der Waals surface area contributed by atoms with Gasteiger partial charge in [0.1, 0.15) is 0 Å². The van der Waals surface area contributed by atoms with Crippen LogP contribution in [0.4, 0.5) is 5.69 Å². The van der Waals surface area contributed by atoms with Crippen molar-refractivity contribution in [2.75, 3.05) is 24.5 Å². The highest BCUT2D eigenvalue weighted by atomic mass is 79.9. The van der Waals surface area contributed by atoms with Crippen molar-refractivity contribution in [1.82, 2.24) is 5.32 Å². The maximum atomic E-state index is 6.46. The van der Waals surface area contributed by atoms with E-state index in [1.807, 2.05) is 6.07 Å². The Morgan fingerprint density at radius 2 is 1.85 bits per heavy atom. The summed E-state index contributed by atoms with van der Waals surface area (Å²) >= 11 is 16.2. The second-order valence-corrected chi connectivity index (χ2v) is 7.49. The van der Waals surface area contributed by atoms with Crippen LogP contribution in [0, 0.1) is 0 Å². The number of benzene rings is 1. The Kier molecular flexibility index (Phi) is 4.51. The van der Waals surface area contributed by atoms with Crippen LogP contribution in [0.5, 0.6) is 0 Å². The third-order valence-electron chi connectivity index (χ3n) is 4.51. The summed E-state index contributed by atoms with van der Waals surface area (Å²) in [5.41, 5.74) is 1.34. The molecule has 2 fully saturated rings. The number of hydrogen-bond donors (Lipinski definition) is 1. The molecule has 0 amide bonds. The molecule has 0 radical (unpaired) electrons. The third kappa shape index (κ3) is 2.83. The van der Waals surface area contributed by atoms with Gasteiger partial charge < -0.3 is 10.2 Å². The van der Waals surface area contributed by atoms with Crippen molar-refractivity contribution >= 4 is 44.8 Å². The van der Waals surface area contributed by atoms with Gasteiger partial charge in [-0.3, -0.25) is 0 Å². The highest BCUT2D eigenvalue weighted by Crippen LogP contribution is 2.40. The maximum absolute atomic E-state index is 6.46. The van der Waals surface area contributed by atoms with Crippen molar-refractivity contribution in [2.45, 2.75) is 37.6 Å². The topological polar surface area (TPSA) is 15.3 Å². The molecule has 0 unspecified atom stereocenters. The van der Waals surface area contributed by atoms with Crippen molar-refractivity contribution in [3.05, 3.63) is 26.7 Å². The van der Waals surface area contributed by atoms with Crippen LogP contribution in [0.1, 0.15) is 32.1 Å². The number of rotatable bonds is 1. The van der Waals surface area contributed by atoms with Gasteiger partial charge in [-0.15, -0.1) is 0 Å². The van der Waals surface area contributed by atoms with Crippen molar-refractivity contribution in [3.63, 3.8) is 0 Å². The smallest absolute Gasteiger partial charge is 0.0837 e. The minimum Gasteiger partial charge on any atom is -0.368 e. The lowest BCUT2D eigenvalue weighted by molar-refractivity contribution is 0.354. The molecule has 5 heteroatoms. The van der Waals surface area contributed by atoms with Crippen molar-refractivity contribution in [2.24, 2.45) is 0 Å². The van der Waals surface area contributed by atoms with Crippen molar-refractivity contribution in [3.8, 4) is 0 Å². The molecule has 1 aromatic rings. The number of nitrogens with zero attached hydrogens (tertiary/aromatic N) is 1. The van der Waals surface area contributed by atoms with E-state index in [0.29, 0.717) is 10.0 Å². The molecule has 1 spiro atoms. The third-order valence-corrected chi connectivity index (χ3v) is 6.28. The van der Waals surface area contributed by atoms with Gasteiger partial charge in [0.2, 0.25) is 0 Å². The van der Waals surface area contributed by atoms with E-state index in [2.05, 4.69) is 32.2 Å². The Balaban J connectivity index is 1.90. The van der Waals surface area contributed by atoms with Gasteiger partial charge >= 0.3 is 0 Å². The Morgan fingerprint density at radius 1 is 1.10 bits per heavy atom. The summed E-state index contributed by atoms with van der Waals surface area (Å²) in [5, 5.41) is 5.05. The van der Waals surface area contributed by atoms with E-state index in [0.717, 1.165) is 36.2 Å². The molecule has 1 aliphatic heterocycles. The van der Waals surface area contributed by atoms with E-state index in [4.69, 9.17) is 23.2 Å². The Bertz CT molecular complexity index is 501. The number of halogens is 3. The molecule has 1 saturated heterocycles. The highest BCUT2D eigenvalue weighted by molar-refractivity contribution is 9.10. The molecule has 2 aliphatic rings. The summed E-state index contributed by atoms with van der Waals surface area (Å²) in [6.45, 7) is 3.16. The van der Waals surface area contributed by atoms with Crippen LogP contribution >= 0.6 is 39.1 Å². The van der Waals surface area contributed by atoms with E-state index in [-0.39, 0.29) is 5.54 Å². The summed E-state index contributed by atoms with van der Waals surface area (Å²) in [6, 6.07) is 4.06. The summed E-state index contributed by atoms with van der Waals surface area (Å²) in [7, 11) is 0. The van der Waals surface area contributed by atoms with E-state index in [1.165, 1.54) is 25.7 Å². The standard InChI is InChI=1S/C15H19BrCl2N2/c16-11-4-5-12(14(18)13(11)17)20-9-3-8-19-15(10-20)6-1-2-7-15/h4-5,19H,1-3,6-10H2. The van der Waals surface area contributed by atoms with Crippen LogP contribution in [0.3, 0.4) is 0 Å². The van der Waals surface area contributed by atoms with Gasteiger partial charge in [-0.2, -0.15) is 0 Å². The van der Waals surface area contributed by atoms with Gasteiger partial charge in [-0.25, -0.2) is 0 Å². The second kappa shape index (κ2) is 6.04. The van der Waals surface area contributed by atoms with E-state index < -0.39 is 0 Å². The fourth-order valence-corrected chi connectivity index (χ4v) is 4.36. The maximum Gasteiger partial charge on any atom is 0.0837 e. The fraction of sp³-hybridized carbons (Fsp3) is 0.600. The van der Waals surface area contributed by atoms with Crippen molar-refractivity contribution in [1.29, 1.82) is 0 Å². The summed E-state index contributed by atoms with van der Waals surface area (Å²) < 4.78 is 0.858. The van der Waals surface area contributed by atoms with Gasteiger partial charge in [0, 0.05) is 23.1 Å². The van der Waals surface area contributed by atoms with Gasteiger partial charge in [-0.05, 0) is 53.9 Å². The predicted molar refractivity (Wildman–Crippen MR) is 90.2 cm³/mol. The molecular formula is C15H19BrCl2N2. The van der Waals surface area contributed by atoms with Crippen LogP contribution in [-0.4, -0.2) is 25.2 Å². The van der Waals surface area contributed by atoms with E-state index in [9.17, 15) is 0 Å². The largest absolute Gasteiger partial charge is 0.368 e. The number of hydrogen-bond acceptors (Lipinski definition) is 2. The minimum atomic E-state index is 0.277. The molecule has 0 atom stereocenters. The van der Waals surface area contributed by atoms with Crippen LogP contribution in [0.25, 0.3) is 0 Å². The van der Waals surface area contributed by atoms with Gasteiger partial charge in [-0.1, -0.05) is 36.0 Å². The molecule has 1 N–H and O–H groups in total. The Hall–Kier alpha value is 0.0400. The molecule has 20 heavy (non-hydrogen) atoms. The van der Waals surface area contributed by atoms with Gasteiger partial charge in [0.05, 0.1) is 15.7 Å². The molecule has 0 bridgehead atoms. The van der Waals surface area contributed by atoms with Gasteiger partial charge in [0.15, 0.2) is 0 Å². The lowest BCUT2D eigenvalue weighted by Gasteiger charge is -2.35. The molecule has 1 aliphatic carbocycles. The zero-order chi connectivity index (χ0) is 14.2. The van der Waals surface area contributed by atoms with E-state index >= 15 is 0 Å². The summed E-state index contributed by atoms with van der Waals surface area (Å²) in [5.74, 6) is 0. The fourth-order valence-electron chi connectivity index (χ4n) is 3.48. The predicted octanol–water partition coefficient (Wildman–Crippen LogP) is 4.87. The number of nitrogens with one attached hydrogen (secondary N) is 1. The second-order valence-electron chi connectivity index (χ2n) is 5.88. The van der Waals surface area contributed by atoms with Crippen LogP contribution in [0.15, 0.2) is 16.6 Å². The first-order chi connectivity index (χ1) is 9.61. The monoisotopic (exact) mass is 376 g/mol. The summed E-state index contributed by atoms with van der Waals surface area (Å²) in [6.07, 6.45) is 6.34. The lowest BCUT2D eigenvalue weighted by Crippen LogP contribution is -2.49. The SMILES string of the molecule is Clc1c(Br)ccc(N2CCCNC3(CCCC3)C2)c1Cl.